The van der Waals surface area contributed by atoms with E-state index in [9.17, 15) is 13.2 Å². The molecule has 2 saturated carbocycles. The molecule has 2 atom stereocenters. The number of benzene rings is 1. The van der Waals surface area contributed by atoms with E-state index in [0.717, 1.165) is 30.6 Å². The molecule has 2 aliphatic carbocycles. The first-order valence-electron chi connectivity index (χ1n) is 9.06. The van der Waals surface area contributed by atoms with Crippen LogP contribution in [0.4, 0.5) is 13.2 Å². The van der Waals surface area contributed by atoms with E-state index in [4.69, 9.17) is 4.74 Å². The van der Waals surface area contributed by atoms with Gasteiger partial charge in [0.2, 0.25) is 0 Å². The number of nitrogens with one attached hydrogen (secondary N) is 1. The summed E-state index contributed by atoms with van der Waals surface area (Å²) < 4.78 is 44.6. The molecule has 1 N–H and O–H groups in total. The number of ether oxygens (including phenoxy) is 1. The molecule has 5 heteroatoms. The summed E-state index contributed by atoms with van der Waals surface area (Å²) in [6, 6.07) is 7.88. The molecule has 24 heavy (non-hydrogen) atoms. The van der Waals surface area contributed by atoms with E-state index in [0.29, 0.717) is 19.1 Å². The highest BCUT2D eigenvalue weighted by Crippen LogP contribution is 2.37. The highest BCUT2D eigenvalue weighted by molar-refractivity contribution is 5.28. The Bertz CT molecular complexity index is 526. The zero-order chi connectivity index (χ0) is 17.0. The van der Waals surface area contributed by atoms with Gasteiger partial charge in [-0.15, -0.1) is 0 Å². The third-order valence-electron chi connectivity index (χ3n) is 5.24. The van der Waals surface area contributed by atoms with Gasteiger partial charge in [0.15, 0.2) is 0 Å². The molecule has 2 fully saturated rings. The number of alkyl halides is 3. The standard InChI is InChI=1S/C19H26F3NO/c20-19(21,22)15-6-4-7-16(12-15)23-13-14-5-3-10-18(11-14)24-17-8-1-2-9-17/h3,5,10-11,15-17,23H,1-2,4,6-9,12-13H2/t15-,16-/m1/s1. The van der Waals surface area contributed by atoms with Gasteiger partial charge in [-0.25, -0.2) is 0 Å². The van der Waals surface area contributed by atoms with E-state index in [1.807, 2.05) is 24.3 Å². The van der Waals surface area contributed by atoms with Gasteiger partial charge in [0.25, 0.3) is 0 Å². The number of halogens is 3. The molecule has 0 heterocycles. The van der Waals surface area contributed by atoms with Gasteiger partial charge >= 0.3 is 6.18 Å². The molecule has 2 aliphatic rings. The molecular weight excluding hydrogens is 315 g/mol. The fraction of sp³-hybridized carbons (Fsp3) is 0.684. The highest BCUT2D eigenvalue weighted by Gasteiger charge is 2.41. The first-order chi connectivity index (χ1) is 11.5. The summed E-state index contributed by atoms with van der Waals surface area (Å²) in [5.74, 6) is -0.279. The van der Waals surface area contributed by atoms with E-state index in [2.05, 4.69) is 5.32 Å². The third kappa shape index (κ3) is 4.88. The van der Waals surface area contributed by atoms with Crippen LogP contribution in [0.15, 0.2) is 24.3 Å². The van der Waals surface area contributed by atoms with Crippen molar-refractivity contribution in [1.82, 2.24) is 5.32 Å². The Kier molecular flexibility index (Phi) is 5.69. The van der Waals surface area contributed by atoms with Crippen molar-refractivity contribution in [1.29, 1.82) is 0 Å². The Labute approximate surface area is 141 Å². The van der Waals surface area contributed by atoms with Crippen molar-refractivity contribution < 1.29 is 17.9 Å². The molecule has 1 aromatic rings. The lowest BCUT2D eigenvalue weighted by Crippen LogP contribution is -2.38. The van der Waals surface area contributed by atoms with Crippen LogP contribution in [0.1, 0.15) is 56.9 Å². The molecular formula is C19H26F3NO. The topological polar surface area (TPSA) is 21.3 Å². The van der Waals surface area contributed by atoms with Gasteiger partial charge in [-0.05, 0) is 62.6 Å². The summed E-state index contributed by atoms with van der Waals surface area (Å²) in [5, 5.41) is 3.31. The van der Waals surface area contributed by atoms with Gasteiger partial charge in [-0.2, -0.15) is 13.2 Å². The van der Waals surface area contributed by atoms with Gasteiger partial charge < -0.3 is 10.1 Å². The molecule has 1 aromatic carbocycles. The fourth-order valence-electron chi connectivity index (χ4n) is 3.86. The van der Waals surface area contributed by atoms with Crippen LogP contribution in [-0.2, 0) is 6.54 Å². The monoisotopic (exact) mass is 341 g/mol. The van der Waals surface area contributed by atoms with Crippen molar-refractivity contribution in [3.8, 4) is 5.75 Å². The fourth-order valence-corrected chi connectivity index (χ4v) is 3.86. The van der Waals surface area contributed by atoms with Gasteiger partial charge in [-0.3, -0.25) is 0 Å². The smallest absolute Gasteiger partial charge is 0.391 e. The Morgan fingerprint density at radius 3 is 2.58 bits per heavy atom. The minimum Gasteiger partial charge on any atom is -0.490 e. The average Bonchev–Trinajstić information content (AvgIpc) is 3.06. The van der Waals surface area contributed by atoms with Gasteiger partial charge in [-0.1, -0.05) is 18.6 Å². The minimum atomic E-state index is -4.06. The lowest BCUT2D eigenvalue weighted by molar-refractivity contribution is -0.183. The SMILES string of the molecule is FC(F)(F)[C@@H]1CCC[C@@H](NCc2cccc(OC3CCCC3)c2)C1. The molecule has 0 unspecified atom stereocenters. The molecule has 2 nitrogen and oxygen atoms in total. The molecule has 134 valence electrons. The Morgan fingerprint density at radius 2 is 1.83 bits per heavy atom. The second-order valence-electron chi connectivity index (χ2n) is 7.15. The lowest BCUT2D eigenvalue weighted by atomic mass is 9.85. The molecule has 3 rings (SSSR count). The van der Waals surface area contributed by atoms with Crippen LogP contribution in [0.2, 0.25) is 0 Å². The zero-order valence-corrected chi connectivity index (χ0v) is 13.9. The summed E-state index contributed by atoms with van der Waals surface area (Å²) in [6.45, 7) is 0.594. The molecule has 0 saturated heterocycles. The minimum absolute atomic E-state index is 0.0511. The summed E-state index contributed by atoms with van der Waals surface area (Å²) in [6.07, 6.45) is 2.88. The predicted molar refractivity (Wildman–Crippen MR) is 88.0 cm³/mol. The zero-order valence-electron chi connectivity index (χ0n) is 13.9. The second kappa shape index (κ2) is 7.77. The van der Waals surface area contributed by atoms with E-state index in [1.165, 1.54) is 12.8 Å². The van der Waals surface area contributed by atoms with Crippen LogP contribution >= 0.6 is 0 Å². The van der Waals surface area contributed by atoms with Crippen molar-refractivity contribution in [3.05, 3.63) is 29.8 Å². The van der Waals surface area contributed by atoms with Crippen molar-refractivity contribution >= 4 is 0 Å². The largest absolute Gasteiger partial charge is 0.490 e. The van der Waals surface area contributed by atoms with Crippen LogP contribution in [0.25, 0.3) is 0 Å². The van der Waals surface area contributed by atoms with Crippen LogP contribution in [0.3, 0.4) is 0 Å². The summed E-state index contributed by atoms with van der Waals surface area (Å²) in [4.78, 5) is 0. The van der Waals surface area contributed by atoms with Crippen molar-refractivity contribution in [2.45, 2.75) is 76.2 Å². The average molecular weight is 341 g/mol. The van der Waals surface area contributed by atoms with Crippen LogP contribution < -0.4 is 10.1 Å². The summed E-state index contributed by atoms with van der Waals surface area (Å²) in [5.41, 5.74) is 1.07. The first-order valence-corrected chi connectivity index (χ1v) is 9.06. The molecule has 0 aromatic heterocycles. The van der Waals surface area contributed by atoms with Crippen LogP contribution in [-0.4, -0.2) is 18.3 Å². The van der Waals surface area contributed by atoms with Crippen molar-refractivity contribution in [2.75, 3.05) is 0 Å². The number of hydrogen-bond acceptors (Lipinski definition) is 2. The Hall–Kier alpha value is -1.23. The second-order valence-corrected chi connectivity index (χ2v) is 7.15. The van der Waals surface area contributed by atoms with E-state index >= 15 is 0 Å². The van der Waals surface area contributed by atoms with Crippen molar-refractivity contribution in [3.63, 3.8) is 0 Å². The quantitative estimate of drug-likeness (QED) is 0.793. The normalized spacial score (nSPS) is 25.8. The highest BCUT2D eigenvalue weighted by atomic mass is 19.4. The van der Waals surface area contributed by atoms with Crippen LogP contribution in [0, 0.1) is 5.92 Å². The van der Waals surface area contributed by atoms with E-state index in [-0.39, 0.29) is 18.9 Å². The summed E-state index contributed by atoms with van der Waals surface area (Å²) in [7, 11) is 0. The van der Waals surface area contributed by atoms with Gasteiger partial charge in [0.1, 0.15) is 5.75 Å². The van der Waals surface area contributed by atoms with E-state index < -0.39 is 12.1 Å². The maximum atomic E-state index is 12.9. The predicted octanol–water partition coefficient (Wildman–Crippen LogP) is 5.22. The van der Waals surface area contributed by atoms with Gasteiger partial charge in [0, 0.05) is 12.6 Å². The number of rotatable bonds is 5. The molecule has 0 spiro atoms. The van der Waals surface area contributed by atoms with Gasteiger partial charge in [0.05, 0.1) is 12.0 Å². The first kappa shape index (κ1) is 17.6. The molecule has 0 aliphatic heterocycles. The Balaban J connectivity index is 1.50. The maximum Gasteiger partial charge on any atom is 0.391 e. The van der Waals surface area contributed by atoms with Crippen LogP contribution in [0.5, 0.6) is 5.75 Å². The third-order valence-corrected chi connectivity index (χ3v) is 5.24. The molecule has 0 amide bonds. The van der Waals surface area contributed by atoms with E-state index in [1.54, 1.807) is 0 Å². The lowest BCUT2D eigenvalue weighted by Gasteiger charge is -2.31. The molecule has 0 radical (unpaired) electrons. The summed E-state index contributed by atoms with van der Waals surface area (Å²) >= 11 is 0. The number of hydrogen-bond donors (Lipinski definition) is 1. The maximum absolute atomic E-state index is 12.9. The Morgan fingerprint density at radius 1 is 1.04 bits per heavy atom. The van der Waals surface area contributed by atoms with Crippen molar-refractivity contribution in [2.24, 2.45) is 5.92 Å². The molecule has 0 bridgehead atoms.